The van der Waals surface area contributed by atoms with Gasteiger partial charge in [-0.3, -0.25) is 0 Å². The van der Waals surface area contributed by atoms with Crippen molar-refractivity contribution < 1.29 is 14.3 Å². The van der Waals surface area contributed by atoms with E-state index in [2.05, 4.69) is 4.52 Å². The highest BCUT2D eigenvalue weighted by Crippen LogP contribution is 2.24. The Balaban J connectivity index is 2.75. The van der Waals surface area contributed by atoms with Gasteiger partial charge in [0.05, 0.1) is 6.61 Å². The number of halogens is 1. The van der Waals surface area contributed by atoms with E-state index in [1.165, 1.54) is 0 Å². The van der Waals surface area contributed by atoms with Crippen LogP contribution in [0.2, 0.25) is 0 Å². The van der Waals surface area contributed by atoms with E-state index in [0.717, 1.165) is 12.8 Å². The maximum Gasteiger partial charge on any atom is 0.327 e. The molecule has 0 aromatic carbocycles. The third kappa shape index (κ3) is 8.60. The second kappa shape index (κ2) is 6.72. The van der Waals surface area contributed by atoms with E-state index < -0.39 is 8.60 Å². The topological polar surface area (TPSA) is 49.7 Å². The van der Waals surface area contributed by atoms with Gasteiger partial charge in [-0.05, 0) is 12.8 Å². The molecule has 9 heavy (non-hydrogen) atoms. The summed E-state index contributed by atoms with van der Waals surface area (Å²) >= 11 is 5.34. The van der Waals surface area contributed by atoms with E-state index in [1.54, 1.807) is 0 Å². The summed E-state index contributed by atoms with van der Waals surface area (Å²) in [5.41, 5.74) is 0. The quantitative estimate of drug-likeness (QED) is 0.373. The summed E-state index contributed by atoms with van der Waals surface area (Å²) in [5.74, 6) is 0.595. The van der Waals surface area contributed by atoms with Crippen molar-refractivity contribution in [1.29, 1.82) is 0 Å². The molecule has 0 heterocycles. The summed E-state index contributed by atoms with van der Waals surface area (Å²) in [5, 5.41) is 0. The smallest absolute Gasteiger partial charge is 0.327 e. The van der Waals surface area contributed by atoms with Crippen molar-refractivity contribution >= 4 is 20.2 Å². The highest BCUT2D eigenvalue weighted by molar-refractivity contribution is 7.39. The largest absolute Gasteiger partial charge is 0.328 e. The summed E-state index contributed by atoms with van der Waals surface area (Å²) in [7, 11) is -2.16. The molecule has 0 saturated carbocycles. The van der Waals surface area contributed by atoms with Gasteiger partial charge in [0.2, 0.25) is 0 Å². The van der Waals surface area contributed by atoms with Crippen molar-refractivity contribution in [2.24, 2.45) is 0 Å². The van der Waals surface area contributed by atoms with Gasteiger partial charge in [-0.25, -0.2) is 0 Å². The second-order valence-electron chi connectivity index (χ2n) is 1.48. The van der Waals surface area contributed by atoms with Gasteiger partial charge in [0, 0.05) is 5.88 Å². The Labute approximate surface area is 60.6 Å². The Morgan fingerprint density at radius 1 is 1.33 bits per heavy atom. The molecule has 0 aliphatic carbocycles. The molecule has 0 aliphatic heterocycles. The molecule has 0 bridgehead atoms. The fraction of sp³-hybridized carbons (Fsp3) is 1.00. The van der Waals surface area contributed by atoms with Crippen molar-refractivity contribution in [3.05, 3.63) is 0 Å². The molecule has 0 radical (unpaired) electrons. The minimum absolute atomic E-state index is 0.380. The Morgan fingerprint density at radius 2 is 2.00 bits per heavy atom. The Morgan fingerprint density at radius 3 is 2.44 bits per heavy atom. The van der Waals surface area contributed by atoms with E-state index >= 15 is 0 Å². The molecule has 0 rings (SSSR count). The summed E-state index contributed by atoms with van der Waals surface area (Å²) in [6, 6.07) is 0. The minimum atomic E-state index is -2.16. The predicted octanol–water partition coefficient (Wildman–Crippen LogP) is 1.23. The lowest BCUT2D eigenvalue weighted by molar-refractivity contribution is 0.251. The average Bonchev–Trinajstić information content (AvgIpc) is 1.80. The van der Waals surface area contributed by atoms with Crippen molar-refractivity contribution in [1.82, 2.24) is 0 Å². The molecule has 0 atom stereocenters. The van der Waals surface area contributed by atoms with Gasteiger partial charge in [-0.15, -0.1) is 11.6 Å². The van der Waals surface area contributed by atoms with Crippen molar-refractivity contribution in [3.8, 4) is 0 Å². The van der Waals surface area contributed by atoms with E-state index in [0.29, 0.717) is 12.5 Å². The Hall–Kier alpha value is 0.600. The molecule has 0 aromatic rings. The molecular weight excluding hydrogens is 162 g/mol. The lowest BCUT2D eigenvalue weighted by Gasteiger charge is -2.00. The average molecular weight is 173 g/mol. The lowest BCUT2D eigenvalue weighted by atomic mass is 10.4. The van der Waals surface area contributed by atoms with Gasteiger partial charge in [-0.2, -0.15) is 0 Å². The van der Waals surface area contributed by atoms with E-state index in [4.69, 9.17) is 21.4 Å². The molecule has 3 nitrogen and oxygen atoms in total. The molecular formula is C4H10ClO3P. The molecule has 0 aromatic heterocycles. The number of hydrogen-bond donors (Lipinski definition) is 2. The Kier molecular flexibility index (Phi) is 7.16. The molecule has 0 unspecified atom stereocenters. The monoisotopic (exact) mass is 172 g/mol. The van der Waals surface area contributed by atoms with E-state index in [9.17, 15) is 0 Å². The van der Waals surface area contributed by atoms with Crippen LogP contribution in [0.3, 0.4) is 0 Å². The zero-order valence-corrected chi connectivity index (χ0v) is 6.61. The van der Waals surface area contributed by atoms with E-state index in [1.807, 2.05) is 0 Å². The third-order valence-corrected chi connectivity index (χ3v) is 1.42. The van der Waals surface area contributed by atoms with Crippen molar-refractivity contribution in [2.75, 3.05) is 12.5 Å². The normalized spacial score (nSPS) is 10.7. The zero-order chi connectivity index (χ0) is 7.11. The SMILES string of the molecule is OP(O)OCCCCCl. The third-order valence-electron chi connectivity index (χ3n) is 0.735. The fourth-order valence-corrected chi connectivity index (χ4v) is 0.824. The highest BCUT2D eigenvalue weighted by atomic mass is 35.5. The Bertz CT molecular complexity index is 61.8. The van der Waals surface area contributed by atoms with Crippen LogP contribution in [0.5, 0.6) is 0 Å². The van der Waals surface area contributed by atoms with Crippen LogP contribution in [-0.4, -0.2) is 22.3 Å². The van der Waals surface area contributed by atoms with Crippen molar-refractivity contribution in [3.63, 3.8) is 0 Å². The van der Waals surface area contributed by atoms with Gasteiger partial charge in [0.1, 0.15) is 0 Å². The summed E-state index contributed by atoms with van der Waals surface area (Å²) < 4.78 is 4.46. The first-order valence-electron chi connectivity index (χ1n) is 2.64. The first-order chi connectivity index (χ1) is 4.27. The molecule has 0 saturated heterocycles. The minimum Gasteiger partial charge on any atom is -0.328 e. The molecule has 0 spiro atoms. The summed E-state index contributed by atoms with van der Waals surface area (Å²) in [6.07, 6.45) is 1.63. The number of rotatable bonds is 5. The fourth-order valence-electron chi connectivity index (χ4n) is 0.343. The van der Waals surface area contributed by atoms with Crippen LogP contribution >= 0.6 is 20.2 Å². The van der Waals surface area contributed by atoms with Gasteiger partial charge in [0.15, 0.2) is 0 Å². The van der Waals surface area contributed by atoms with Crippen LogP contribution in [0.25, 0.3) is 0 Å². The van der Waals surface area contributed by atoms with Crippen LogP contribution in [0, 0.1) is 0 Å². The lowest BCUT2D eigenvalue weighted by Crippen LogP contribution is -1.88. The highest BCUT2D eigenvalue weighted by Gasteiger charge is 1.96. The van der Waals surface area contributed by atoms with Crippen molar-refractivity contribution in [2.45, 2.75) is 12.8 Å². The second-order valence-corrected chi connectivity index (χ2v) is 2.62. The predicted molar refractivity (Wildman–Crippen MR) is 37.3 cm³/mol. The van der Waals surface area contributed by atoms with Gasteiger partial charge < -0.3 is 14.3 Å². The number of hydrogen-bond acceptors (Lipinski definition) is 3. The van der Waals surface area contributed by atoms with E-state index in [-0.39, 0.29) is 0 Å². The molecule has 56 valence electrons. The maximum atomic E-state index is 8.22. The van der Waals surface area contributed by atoms with Gasteiger partial charge in [-0.1, -0.05) is 0 Å². The maximum absolute atomic E-state index is 8.22. The summed E-state index contributed by atoms with van der Waals surface area (Å²) in [6.45, 7) is 0.380. The molecule has 0 fully saturated rings. The molecule has 0 amide bonds. The zero-order valence-electron chi connectivity index (χ0n) is 4.96. The van der Waals surface area contributed by atoms with Gasteiger partial charge in [0.25, 0.3) is 0 Å². The first-order valence-corrected chi connectivity index (χ1v) is 4.34. The number of alkyl halides is 1. The van der Waals surface area contributed by atoms with Crippen LogP contribution in [0.15, 0.2) is 0 Å². The molecule has 0 aliphatic rings. The standard InChI is InChI=1S/C4H10ClO3P/c5-3-1-2-4-8-9(6)7/h6-7H,1-4H2. The summed E-state index contributed by atoms with van der Waals surface area (Å²) in [4.78, 5) is 16.4. The molecule has 2 N–H and O–H groups in total. The van der Waals surface area contributed by atoms with Gasteiger partial charge >= 0.3 is 8.60 Å². The van der Waals surface area contributed by atoms with Crippen LogP contribution in [0.1, 0.15) is 12.8 Å². The first kappa shape index (κ1) is 9.60. The molecule has 5 heteroatoms. The van der Waals surface area contributed by atoms with Crippen LogP contribution in [-0.2, 0) is 4.52 Å². The van der Waals surface area contributed by atoms with Crippen LogP contribution in [0.4, 0.5) is 0 Å². The van der Waals surface area contributed by atoms with Crippen LogP contribution < -0.4 is 0 Å². The number of unbranched alkanes of at least 4 members (excludes halogenated alkanes) is 1.